The molecular formula is C13H22N2O2S2. The van der Waals surface area contributed by atoms with Crippen molar-refractivity contribution in [1.29, 1.82) is 0 Å². The van der Waals surface area contributed by atoms with Crippen molar-refractivity contribution < 1.29 is 8.42 Å². The van der Waals surface area contributed by atoms with Crippen LogP contribution < -0.4 is 10.5 Å². The van der Waals surface area contributed by atoms with Crippen molar-refractivity contribution in [2.75, 3.05) is 18.6 Å². The number of thioether (sulfide) groups is 1. The molecule has 0 unspecified atom stereocenters. The van der Waals surface area contributed by atoms with E-state index in [2.05, 4.69) is 4.72 Å². The number of rotatable bonds is 8. The van der Waals surface area contributed by atoms with Gasteiger partial charge in [0.15, 0.2) is 0 Å². The molecule has 3 N–H and O–H groups in total. The van der Waals surface area contributed by atoms with E-state index < -0.39 is 10.0 Å². The van der Waals surface area contributed by atoms with Gasteiger partial charge in [0.05, 0.1) is 4.90 Å². The zero-order chi connectivity index (χ0) is 14.3. The van der Waals surface area contributed by atoms with Crippen LogP contribution in [0.1, 0.15) is 24.5 Å². The number of hydrogen-bond donors (Lipinski definition) is 2. The molecule has 0 aliphatic carbocycles. The third-order valence-corrected chi connectivity index (χ3v) is 5.10. The topological polar surface area (TPSA) is 72.2 Å². The number of nitrogens with one attached hydrogen (secondary N) is 1. The molecule has 0 atom stereocenters. The van der Waals surface area contributed by atoms with Gasteiger partial charge in [-0.2, -0.15) is 11.8 Å². The van der Waals surface area contributed by atoms with E-state index >= 15 is 0 Å². The normalized spacial score (nSPS) is 11.7. The van der Waals surface area contributed by atoms with E-state index in [4.69, 9.17) is 5.73 Å². The molecule has 1 rings (SSSR count). The first-order valence-electron chi connectivity index (χ1n) is 6.35. The van der Waals surface area contributed by atoms with Gasteiger partial charge < -0.3 is 5.73 Å². The van der Waals surface area contributed by atoms with Gasteiger partial charge in [-0.15, -0.1) is 0 Å². The lowest BCUT2D eigenvalue weighted by molar-refractivity contribution is 0.579. The molecule has 0 aliphatic heterocycles. The highest BCUT2D eigenvalue weighted by atomic mass is 32.2. The minimum atomic E-state index is -3.43. The Morgan fingerprint density at radius 1 is 1.37 bits per heavy atom. The molecule has 0 saturated carbocycles. The van der Waals surface area contributed by atoms with Crippen LogP contribution in [0.25, 0.3) is 0 Å². The third-order valence-electron chi connectivity index (χ3n) is 2.86. The summed E-state index contributed by atoms with van der Waals surface area (Å²) >= 11 is 1.71. The molecule has 0 fully saturated rings. The van der Waals surface area contributed by atoms with Crippen LogP contribution in [0.15, 0.2) is 23.1 Å². The Bertz CT molecular complexity index is 501. The maximum absolute atomic E-state index is 12.3. The van der Waals surface area contributed by atoms with Crippen LogP contribution in [-0.4, -0.2) is 27.0 Å². The van der Waals surface area contributed by atoms with Crippen LogP contribution in [0, 0.1) is 0 Å². The number of nitrogens with two attached hydrogens (primary N) is 1. The van der Waals surface area contributed by atoms with Crippen molar-refractivity contribution in [3.8, 4) is 0 Å². The van der Waals surface area contributed by atoms with Gasteiger partial charge in [0.25, 0.3) is 0 Å². The van der Waals surface area contributed by atoms with Gasteiger partial charge in [-0.05, 0) is 42.0 Å². The molecule has 1 aromatic carbocycles. The maximum atomic E-state index is 12.3. The molecular weight excluding hydrogens is 280 g/mol. The fourth-order valence-corrected chi connectivity index (χ4v) is 3.63. The van der Waals surface area contributed by atoms with Gasteiger partial charge in [0.1, 0.15) is 0 Å². The average Bonchev–Trinajstić information content (AvgIpc) is 2.43. The van der Waals surface area contributed by atoms with Crippen LogP contribution in [0.5, 0.6) is 0 Å². The zero-order valence-electron chi connectivity index (χ0n) is 11.5. The van der Waals surface area contributed by atoms with Gasteiger partial charge in [-0.3, -0.25) is 0 Å². The van der Waals surface area contributed by atoms with Crippen molar-refractivity contribution in [2.45, 2.75) is 31.2 Å². The summed E-state index contributed by atoms with van der Waals surface area (Å²) < 4.78 is 27.2. The summed E-state index contributed by atoms with van der Waals surface area (Å²) in [6, 6.07) is 5.40. The summed E-state index contributed by atoms with van der Waals surface area (Å²) in [6.45, 7) is 2.77. The Labute approximate surface area is 120 Å². The first-order chi connectivity index (χ1) is 9.05. The van der Waals surface area contributed by atoms with Crippen molar-refractivity contribution in [2.24, 2.45) is 5.73 Å². The highest BCUT2D eigenvalue weighted by molar-refractivity contribution is 7.98. The van der Waals surface area contributed by atoms with Gasteiger partial charge in [-0.25, -0.2) is 13.1 Å². The number of aryl methyl sites for hydroxylation is 1. The average molecular weight is 302 g/mol. The minimum absolute atomic E-state index is 0.346. The molecule has 0 saturated heterocycles. The summed E-state index contributed by atoms with van der Waals surface area (Å²) in [5.41, 5.74) is 7.24. The van der Waals surface area contributed by atoms with Crippen LogP contribution in [0.3, 0.4) is 0 Å². The highest BCUT2D eigenvalue weighted by Crippen LogP contribution is 2.18. The van der Waals surface area contributed by atoms with Gasteiger partial charge in [-0.1, -0.05) is 19.1 Å². The lowest BCUT2D eigenvalue weighted by Crippen LogP contribution is -2.26. The molecule has 0 aliphatic rings. The SMILES string of the molecule is CCc1ccc(CN)cc1S(=O)(=O)NCCCSC. The van der Waals surface area contributed by atoms with E-state index in [0.717, 1.165) is 23.3 Å². The Morgan fingerprint density at radius 3 is 2.68 bits per heavy atom. The van der Waals surface area contributed by atoms with Gasteiger partial charge >= 0.3 is 0 Å². The predicted octanol–water partition coefficient (Wildman–Crippen LogP) is 1.74. The van der Waals surface area contributed by atoms with Crippen molar-refractivity contribution in [3.63, 3.8) is 0 Å². The van der Waals surface area contributed by atoms with E-state index in [-0.39, 0.29) is 0 Å². The van der Waals surface area contributed by atoms with Crippen molar-refractivity contribution >= 4 is 21.8 Å². The fraction of sp³-hybridized carbons (Fsp3) is 0.538. The molecule has 108 valence electrons. The second-order valence-corrected chi connectivity index (χ2v) is 6.96. The van der Waals surface area contributed by atoms with Gasteiger partial charge in [0.2, 0.25) is 10.0 Å². The molecule has 19 heavy (non-hydrogen) atoms. The Kier molecular flexibility index (Phi) is 6.85. The summed E-state index contributed by atoms with van der Waals surface area (Å²) in [5.74, 6) is 0.950. The quantitative estimate of drug-likeness (QED) is 0.718. The number of sulfonamides is 1. The molecule has 1 aromatic rings. The van der Waals surface area contributed by atoms with Crippen LogP contribution in [0.2, 0.25) is 0 Å². The smallest absolute Gasteiger partial charge is 0.240 e. The van der Waals surface area contributed by atoms with Crippen molar-refractivity contribution in [1.82, 2.24) is 4.72 Å². The lowest BCUT2D eigenvalue weighted by atomic mass is 10.1. The second-order valence-electron chi connectivity index (χ2n) is 4.24. The van der Waals surface area contributed by atoms with Crippen LogP contribution >= 0.6 is 11.8 Å². The predicted molar refractivity (Wildman–Crippen MR) is 81.9 cm³/mol. The largest absolute Gasteiger partial charge is 0.326 e. The summed E-state index contributed by atoms with van der Waals surface area (Å²) in [5, 5.41) is 0. The molecule has 0 heterocycles. The molecule has 0 radical (unpaired) electrons. The number of benzene rings is 1. The van der Waals surface area contributed by atoms with E-state index in [1.165, 1.54) is 0 Å². The Morgan fingerprint density at radius 2 is 2.11 bits per heavy atom. The second kappa shape index (κ2) is 7.89. The number of hydrogen-bond acceptors (Lipinski definition) is 4. The van der Waals surface area contributed by atoms with E-state index in [1.54, 1.807) is 17.8 Å². The lowest BCUT2D eigenvalue weighted by Gasteiger charge is -2.12. The molecule has 6 heteroatoms. The van der Waals surface area contributed by atoms with E-state index in [0.29, 0.717) is 24.4 Å². The monoisotopic (exact) mass is 302 g/mol. The summed E-state index contributed by atoms with van der Waals surface area (Å²) in [6.07, 6.45) is 3.53. The van der Waals surface area contributed by atoms with E-state index in [9.17, 15) is 8.42 Å². The first kappa shape index (κ1) is 16.5. The standard InChI is InChI=1S/C13H22N2O2S2/c1-3-12-6-5-11(10-14)9-13(12)19(16,17)15-7-4-8-18-2/h5-6,9,15H,3-4,7-8,10,14H2,1-2H3. The molecule has 4 nitrogen and oxygen atoms in total. The molecule has 0 amide bonds. The van der Waals surface area contributed by atoms with E-state index in [1.807, 2.05) is 25.3 Å². The van der Waals surface area contributed by atoms with Crippen molar-refractivity contribution in [3.05, 3.63) is 29.3 Å². The first-order valence-corrected chi connectivity index (χ1v) is 9.23. The zero-order valence-corrected chi connectivity index (χ0v) is 13.1. The molecule has 0 bridgehead atoms. The van der Waals surface area contributed by atoms with Crippen LogP contribution in [0.4, 0.5) is 0 Å². The highest BCUT2D eigenvalue weighted by Gasteiger charge is 2.17. The molecule has 0 aromatic heterocycles. The Hall–Kier alpha value is -0.560. The Balaban J connectivity index is 2.92. The summed E-state index contributed by atoms with van der Waals surface area (Å²) in [7, 11) is -3.43. The van der Waals surface area contributed by atoms with Gasteiger partial charge in [0, 0.05) is 13.1 Å². The minimum Gasteiger partial charge on any atom is -0.326 e. The fourth-order valence-electron chi connectivity index (χ4n) is 1.77. The molecule has 0 spiro atoms. The van der Waals surface area contributed by atoms with Crippen LogP contribution in [-0.2, 0) is 23.0 Å². The third kappa shape index (κ3) is 4.80. The summed E-state index contributed by atoms with van der Waals surface area (Å²) in [4.78, 5) is 0.363. The maximum Gasteiger partial charge on any atom is 0.240 e.